The Balaban J connectivity index is 1.64. The number of benzene rings is 1. The third kappa shape index (κ3) is 4.10. The van der Waals surface area contributed by atoms with Crippen LogP contribution in [0.25, 0.3) is 0 Å². The number of fused-ring (bicyclic) bond motifs is 1. The van der Waals surface area contributed by atoms with Gasteiger partial charge >= 0.3 is 5.97 Å². The number of rotatable bonds is 5. The van der Waals surface area contributed by atoms with E-state index in [0.29, 0.717) is 16.5 Å². The predicted molar refractivity (Wildman–Crippen MR) is 109 cm³/mol. The van der Waals surface area contributed by atoms with Gasteiger partial charge in [0.15, 0.2) is 6.61 Å². The number of amides is 1. The van der Waals surface area contributed by atoms with Crippen LogP contribution in [0.4, 0.5) is 5.00 Å². The first-order chi connectivity index (χ1) is 13.3. The summed E-state index contributed by atoms with van der Waals surface area (Å²) in [4.78, 5) is 26.0. The molecule has 146 valence electrons. The quantitative estimate of drug-likeness (QED) is 0.768. The van der Waals surface area contributed by atoms with Crippen LogP contribution >= 0.6 is 11.3 Å². The molecule has 1 heterocycles. The number of thiophene rings is 1. The fourth-order valence-electron chi connectivity index (χ4n) is 3.40. The summed E-state index contributed by atoms with van der Waals surface area (Å²) in [7, 11) is 0. The highest BCUT2D eigenvalue weighted by molar-refractivity contribution is 7.16. The van der Waals surface area contributed by atoms with E-state index in [4.69, 9.17) is 4.74 Å². The lowest BCUT2D eigenvalue weighted by Gasteiger charge is -2.22. The number of hydrogen-bond acceptors (Lipinski definition) is 5. The maximum absolute atomic E-state index is 12.5. The molecule has 1 aromatic carbocycles. The maximum atomic E-state index is 12.5. The highest BCUT2D eigenvalue weighted by atomic mass is 32.1. The average Bonchev–Trinajstić information content (AvgIpc) is 3.02. The predicted octanol–water partition coefficient (Wildman–Crippen LogP) is 4.20. The SMILES string of the molecule is C[C@@H]1CCc2c(sc(NC(=O)COC(=O)C(C)(C)c3ccccc3)c2C#N)C1. The zero-order valence-electron chi connectivity index (χ0n) is 16.4. The van der Waals surface area contributed by atoms with E-state index in [9.17, 15) is 14.9 Å². The summed E-state index contributed by atoms with van der Waals surface area (Å²) in [6.07, 6.45) is 2.86. The number of anilines is 1. The third-order valence-electron chi connectivity index (χ3n) is 5.22. The Morgan fingerprint density at radius 2 is 2.04 bits per heavy atom. The van der Waals surface area contributed by atoms with Gasteiger partial charge in [0.2, 0.25) is 0 Å². The summed E-state index contributed by atoms with van der Waals surface area (Å²) in [5, 5.41) is 12.8. The normalized spacial score (nSPS) is 16.0. The van der Waals surface area contributed by atoms with Gasteiger partial charge in [0.05, 0.1) is 11.0 Å². The number of hydrogen-bond donors (Lipinski definition) is 1. The minimum atomic E-state index is -0.850. The molecule has 0 saturated heterocycles. The van der Waals surface area contributed by atoms with Crippen LogP contribution in [-0.4, -0.2) is 18.5 Å². The van der Waals surface area contributed by atoms with Gasteiger partial charge in [-0.25, -0.2) is 0 Å². The number of carbonyl (C=O) groups excluding carboxylic acids is 2. The van der Waals surface area contributed by atoms with Crippen molar-refractivity contribution in [1.29, 1.82) is 5.26 Å². The Morgan fingerprint density at radius 1 is 1.32 bits per heavy atom. The zero-order valence-corrected chi connectivity index (χ0v) is 17.2. The summed E-state index contributed by atoms with van der Waals surface area (Å²) in [5.41, 5.74) is 1.59. The summed E-state index contributed by atoms with van der Waals surface area (Å²) >= 11 is 1.46. The molecule has 5 nitrogen and oxygen atoms in total. The Hall–Kier alpha value is -2.65. The number of carbonyl (C=O) groups is 2. The molecule has 1 aliphatic rings. The van der Waals surface area contributed by atoms with Gasteiger partial charge in [-0.3, -0.25) is 9.59 Å². The van der Waals surface area contributed by atoms with Crippen molar-refractivity contribution < 1.29 is 14.3 Å². The highest BCUT2D eigenvalue weighted by Gasteiger charge is 2.32. The van der Waals surface area contributed by atoms with Gasteiger partial charge in [-0.15, -0.1) is 11.3 Å². The van der Waals surface area contributed by atoms with Gasteiger partial charge in [-0.05, 0) is 50.2 Å². The van der Waals surface area contributed by atoms with Crippen molar-refractivity contribution >= 4 is 28.2 Å². The monoisotopic (exact) mass is 396 g/mol. The van der Waals surface area contributed by atoms with Gasteiger partial charge in [-0.2, -0.15) is 5.26 Å². The van der Waals surface area contributed by atoms with Gasteiger partial charge in [0.25, 0.3) is 5.91 Å². The van der Waals surface area contributed by atoms with Crippen molar-refractivity contribution in [2.75, 3.05) is 11.9 Å². The maximum Gasteiger partial charge on any atom is 0.316 e. The summed E-state index contributed by atoms with van der Waals surface area (Å²) < 4.78 is 5.26. The molecule has 3 rings (SSSR count). The summed E-state index contributed by atoms with van der Waals surface area (Å²) in [6.45, 7) is 5.36. The molecule has 0 saturated carbocycles. The van der Waals surface area contributed by atoms with Crippen LogP contribution in [-0.2, 0) is 32.6 Å². The van der Waals surface area contributed by atoms with Gasteiger partial charge in [-0.1, -0.05) is 37.3 Å². The number of nitrogens with zero attached hydrogens (tertiary/aromatic N) is 1. The second-order valence-corrected chi connectivity index (χ2v) is 8.89. The Bertz CT molecular complexity index is 925. The molecule has 1 N–H and O–H groups in total. The molecule has 6 heteroatoms. The molecular weight excluding hydrogens is 372 g/mol. The first-order valence-electron chi connectivity index (χ1n) is 9.40. The topological polar surface area (TPSA) is 79.2 Å². The third-order valence-corrected chi connectivity index (χ3v) is 6.39. The van der Waals surface area contributed by atoms with Crippen LogP contribution in [0.15, 0.2) is 30.3 Å². The number of nitriles is 1. The highest BCUT2D eigenvalue weighted by Crippen LogP contribution is 2.39. The number of esters is 1. The van der Waals surface area contributed by atoms with Crippen molar-refractivity contribution in [3.63, 3.8) is 0 Å². The first-order valence-corrected chi connectivity index (χ1v) is 10.2. The largest absolute Gasteiger partial charge is 0.455 e. The second-order valence-electron chi connectivity index (χ2n) is 7.78. The average molecular weight is 397 g/mol. The molecule has 0 aliphatic heterocycles. The molecule has 0 spiro atoms. The van der Waals surface area contributed by atoms with Gasteiger partial charge < -0.3 is 10.1 Å². The Morgan fingerprint density at radius 3 is 2.71 bits per heavy atom. The molecule has 0 bridgehead atoms. The smallest absolute Gasteiger partial charge is 0.316 e. The molecule has 1 atom stereocenters. The fourth-order valence-corrected chi connectivity index (χ4v) is 4.78. The lowest BCUT2D eigenvalue weighted by Crippen LogP contribution is -2.33. The van der Waals surface area contributed by atoms with Crippen LogP contribution in [0.3, 0.4) is 0 Å². The molecule has 0 unspecified atom stereocenters. The van der Waals surface area contributed by atoms with E-state index < -0.39 is 17.3 Å². The zero-order chi connectivity index (χ0) is 20.3. The van der Waals surface area contributed by atoms with Crippen molar-refractivity contribution in [1.82, 2.24) is 0 Å². The number of nitrogens with one attached hydrogen (secondary N) is 1. The molecule has 0 radical (unpaired) electrons. The molecule has 0 fully saturated rings. The van der Waals surface area contributed by atoms with E-state index in [1.54, 1.807) is 13.8 Å². The van der Waals surface area contributed by atoms with Crippen LogP contribution in [0.2, 0.25) is 0 Å². The van der Waals surface area contributed by atoms with Gasteiger partial charge in [0, 0.05) is 4.88 Å². The van der Waals surface area contributed by atoms with Crippen LogP contribution in [0.1, 0.15) is 48.8 Å². The molecule has 1 aromatic heterocycles. The van der Waals surface area contributed by atoms with E-state index in [0.717, 1.165) is 30.4 Å². The first kappa shape index (κ1) is 20.1. The molecular formula is C22H24N2O3S. The summed E-state index contributed by atoms with van der Waals surface area (Å²) in [6, 6.07) is 11.5. The van der Waals surface area contributed by atoms with Crippen LogP contribution < -0.4 is 5.32 Å². The molecule has 1 amide bonds. The molecule has 28 heavy (non-hydrogen) atoms. The van der Waals surface area contributed by atoms with E-state index in [1.807, 2.05) is 30.3 Å². The summed E-state index contributed by atoms with van der Waals surface area (Å²) in [5.74, 6) is -0.309. The van der Waals surface area contributed by atoms with Crippen molar-refractivity contribution in [2.24, 2.45) is 5.92 Å². The fraction of sp³-hybridized carbons (Fsp3) is 0.409. The van der Waals surface area contributed by atoms with Crippen molar-refractivity contribution in [3.8, 4) is 6.07 Å². The minimum absolute atomic E-state index is 0.376. The van der Waals surface area contributed by atoms with Crippen molar-refractivity contribution in [3.05, 3.63) is 51.9 Å². The van der Waals surface area contributed by atoms with E-state index in [-0.39, 0.29) is 6.61 Å². The van der Waals surface area contributed by atoms with Gasteiger partial charge in [0.1, 0.15) is 11.1 Å². The Kier molecular flexibility index (Phi) is 5.85. The lowest BCUT2D eigenvalue weighted by atomic mass is 9.85. The van der Waals surface area contributed by atoms with E-state index in [2.05, 4.69) is 18.3 Å². The lowest BCUT2D eigenvalue weighted by molar-refractivity contribution is -0.152. The second kappa shape index (κ2) is 8.15. The van der Waals surface area contributed by atoms with E-state index >= 15 is 0 Å². The molecule has 2 aromatic rings. The minimum Gasteiger partial charge on any atom is -0.455 e. The standard InChI is InChI=1S/C22H24N2O3S/c1-14-9-10-16-17(12-23)20(28-18(16)11-14)24-19(25)13-27-21(26)22(2,3)15-7-5-4-6-8-15/h4-8,14H,9-11,13H2,1-3H3,(H,24,25)/t14-/m1/s1. The van der Waals surface area contributed by atoms with Crippen molar-refractivity contribution in [2.45, 2.75) is 45.4 Å². The Labute approximate surface area is 169 Å². The van der Waals surface area contributed by atoms with Crippen LogP contribution in [0.5, 0.6) is 0 Å². The number of ether oxygens (including phenoxy) is 1. The van der Waals surface area contributed by atoms with Crippen LogP contribution in [0, 0.1) is 17.2 Å². The van der Waals surface area contributed by atoms with E-state index in [1.165, 1.54) is 16.2 Å². The molecule has 1 aliphatic carbocycles.